The first-order chi connectivity index (χ1) is 30.7. The molecule has 0 atom stereocenters. The Morgan fingerprint density at radius 1 is 0.274 bits per heavy atom. The predicted molar refractivity (Wildman–Crippen MR) is 263 cm³/mol. The first kappa shape index (κ1) is 35.7. The van der Waals surface area contributed by atoms with Crippen LogP contribution in [0.15, 0.2) is 241 Å². The van der Waals surface area contributed by atoms with E-state index in [2.05, 4.69) is 229 Å². The van der Waals surface area contributed by atoms with E-state index in [1.54, 1.807) is 0 Å². The van der Waals surface area contributed by atoms with Gasteiger partial charge in [0.25, 0.3) is 0 Å². The molecule has 12 aromatic rings. The molecule has 0 unspecified atom stereocenters. The molecule has 0 fully saturated rings. The van der Waals surface area contributed by atoms with Crippen molar-refractivity contribution in [2.24, 2.45) is 0 Å². The second kappa shape index (κ2) is 14.8. The maximum Gasteiger partial charge on any atom is 0.136 e. The van der Waals surface area contributed by atoms with Gasteiger partial charge in [-0.1, -0.05) is 182 Å². The molecule has 290 valence electrons. The van der Waals surface area contributed by atoms with Gasteiger partial charge < -0.3 is 9.32 Å². The molecular weight excluding hydrogens is 751 g/mol. The monoisotopic (exact) mass is 789 g/mol. The minimum atomic E-state index is 0.860. The van der Waals surface area contributed by atoms with Crippen molar-refractivity contribution in [3.8, 4) is 44.7 Å². The van der Waals surface area contributed by atoms with E-state index in [9.17, 15) is 0 Å². The first-order valence-electron chi connectivity index (χ1n) is 21.2. The molecule has 0 aliphatic carbocycles. The van der Waals surface area contributed by atoms with Crippen LogP contribution in [0.4, 0.5) is 17.1 Å². The summed E-state index contributed by atoms with van der Waals surface area (Å²) in [6.45, 7) is 0. The van der Waals surface area contributed by atoms with Gasteiger partial charge in [0.05, 0.1) is 5.69 Å². The number of furan rings is 1. The number of benzene rings is 11. The molecule has 2 heteroatoms. The highest BCUT2D eigenvalue weighted by atomic mass is 16.3. The van der Waals surface area contributed by atoms with E-state index in [0.717, 1.165) is 61.6 Å². The number of hydrogen-bond donors (Lipinski definition) is 0. The third-order valence-corrected chi connectivity index (χ3v) is 12.4. The summed E-state index contributed by atoms with van der Waals surface area (Å²) >= 11 is 0. The fourth-order valence-corrected chi connectivity index (χ4v) is 9.36. The molecule has 0 aliphatic heterocycles. The third-order valence-electron chi connectivity index (χ3n) is 12.4. The largest absolute Gasteiger partial charge is 0.456 e. The summed E-state index contributed by atoms with van der Waals surface area (Å²) in [5, 5.41) is 11.1. The van der Waals surface area contributed by atoms with Crippen molar-refractivity contribution in [1.82, 2.24) is 0 Å². The second-order valence-electron chi connectivity index (χ2n) is 16.1. The van der Waals surface area contributed by atoms with E-state index in [0.29, 0.717) is 0 Å². The summed E-state index contributed by atoms with van der Waals surface area (Å²) in [4.78, 5) is 2.41. The van der Waals surface area contributed by atoms with Crippen molar-refractivity contribution in [2.75, 3.05) is 4.90 Å². The Balaban J connectivity index is 0.970. The molecule has 0 spiro atoms. The van der Waals surface area contributed by atoms with Gasteiger partial charge >= 0.3 is 0 Å². The van der Waals surface area contributed by atoms with E-state index in [-0.39, 0.29) is 0 Å². The summed E-state index contributed by atoms with van der Waals surface area (Å²) in [7, 11) is 0. The fourth-order valence-electron chi connectivity index (χ4n) is 9.36. The lowest BCUT2D eigenvalue weighted by atomic mass is 9.93. The van der Waals surface area contributed by atoms with Crippen molar-refractivity contribution < 1.29 is 4.42 Å². The van der Waals surface area contributed by atoms with Crippen LogP contribution >= 0.6 is 0 Å². The highest BCUT2D eigenvalue weighted by Crippen LogP contribution is 2.44. The highest BCUT2D eigenvalue weighted by molar-refractivity contribution is 6.15. The van der Waals surface area contributed by atoms with Crippen molar-refractivity contribution in [2.45, 2.75) is 0 Å². The maximum absolute atomic E-state index is 6.49. The summed E-state index contributed by atoms with van der Waals surface area (Å²) in [5.41, 5.74) is 12.2. The summed E-state index contributed by atoms with van der Waals surface area (Å²) in [6.07, 6.45) is 0. The Hall–Kier alpha value is -8.20. The van der Waals surface area contributed by atoms with Crippen molar-refractivity contribution in [1.29, 1.82) is 0 Å². The minimum Gasteiger partial charge on any atom is -0.456 e. The van der Waals surface area contributed by atoms with Crippen molar-refractivity contribution in [3.05, 3.63) is 237 Å². The average molecular weight is 790 g/mol. The lowest BCUT2D eigenvalue weighted by molar-refractivity contribution is 0.632. The van der Waals surface area contributed by atoms with Gasteiger partial charge in [0.2, 0.25) is 0 Å². The summed E-state index contributed by atoms with van der Waals surface area (Å²) in [6, 6.07) is 85.5. The average Bonchev–Trinajstić information content (AvgIpc) is 3.79. The van der Waals surface area contributed by atoms with Gasteiger partial charge in [-0.2, -0.15) is 0 Å². The van der Waals surface area contributed by atoms with Crippen LogP contribution in [0.3, 0.4) is 0 Å². The van der Waals surface area contributed by atoms with Crippen LogP contribution in [0.25, 0.3) is 98.8 Å². The van der Waals surface area contributed by atoms with E-state index < -0.39 is 0 Å². The molecule has 62 heavy (non-hydrogen) atoms. The number of para-hydroxylation sites is 1. The SMILES string of the molecule is c1ccc(-c2ccc(-c3ccc(N(c4ccc(-c5ccc6c(ccc7ccccc76)c5)cc4)c4cc5ccccc5c5ccccc45)cc3)cc2-c2cc3ccccc3o2)cc1. The first-order valence-corrected chi connectivity index (χ1v) is 21.2. The lowest BCUT2D eigenvalue weighted by Gasteiger charge is -2.28. The minimum absolute atomic E-state index is 0.860. The molecule has 0 saturated carbocycles. The number of rotatable bonds is 7. The van der Waals surface area contributed by atoms with Crippen LogP contribution in [-0.4, -0.2) is 0 Å². The quantitative estimate of drug-likeness (QED) is 0.150. The van der Waals surface area contributed by atoms with E-state index in [1.165, 1.54) is 54.2 Å². The molecule has 12 rings (SSSR count). The van der Waals surface area contributed by atoms with Crippen LogP contribution in [0.1, 0.15) is 0 Å². The van der Waals surface area contributed by atoms with Crippen LogP contribution in [-0.2, 0) is 0 Å². The van der Waals surface area contributed by atoms with Crippen LogP contribution in [0.5, 0.6) is 0 Å². The van der Waals surface area contributed by atoms with Gasteiger partial charge in [-0.3, -0.25) is 0 Å². The zero-order valence-electron chi connectivity index (χ0n) is 33.9. The van der Waals surface area contributed by atoms with Crippen LogP contribution < -0.4 is 4.90 Å². The zero-order chi connectivity index (χ0) is 41.0. The zero-order valence-corrected chi connectivity index (χ0v) is 33.9. The molecule has 0 bridgehead atoms. The van der Waals surface area contributed by atoms with Crippen molar-refractivity contribution in [3.63, 3.8) is 0 Å². The van der Waals surface area contributed by atoms with Gasteiger partial charge in [-0.05, 0) is 126 Å². The molecule has 0 amide bonds. The van der Waals surface area contributed by atoms with Gasteiger partial charge in [0.1, 0.15) is 11.3 Å². The Bertz CT molecular complexity index is 3590. The van der Waals surface area contributed by atoms with Crippen LogP contribution in [0.2, 0.25) is 0 Å². The molecule has 1 aromatic heterocycles. The number of fused-ring (bicyclic) bond motifs is 7. The molecule has 0 saturated heterocycles. The lowest BCUT2D eigenvalue weighted by Crippen LogP contribution is -2.10. The van der Waals surface area contributed by atoms with Crippen molar-refractivity contribution >= 4 is 71.1 Å². The third kappa shape index (κ3) is 6.20. The van der Waals surface area contributed by atoms with Crippen LogP contribution in [0, 0.1) is 0 Å². The molecule has 0 N–H and O–H groups in total. The molecule has 11 aromatic carbocycles. The highest BCUT2D eigenvalue weighted by Gasteiger charge is 2.19. The fraction of sp³-hybridized carbons (Fsp3) is 0. The number of hydrogen-bond acceptors (Lipinski definition) is 2. The molecule has 2 nitrogen and oxygen atoms in total. The predicted octanol–water partition coefficient (Wildman–Crippen LogP) is 17.2. The normalized spacial score (nSPS) is 11.5. The standard InChI is InChI=1S/C60H39NO/c1-2-12-42(13-3-1)53-34-29-45(37-57(53)60-39-48-16-6-11-21-59(48)62-60)41-26-32-50(33-27-41)61(58-38-46-15-5-8-18-52(46)55-19-9-10-20-56(55)58)49-30-24-40(25-31-49)44-28-35-54-47(36-44)23-22-43-14-4-7-17-51(43)54/h1-39H. The summed E-state index contributed by atoms with van der Waals surface area (Å²) in [5.74, 6) is 0.860. The molecule has 1 heterocycles. The van der Waals surface area contributed by atoms with E-state index in [1.807, 2.05) is 12.1 Å². The Morgan fingerprint density at radius 3 is 1.52 bits per heavy atom. The maximum atomic E-state index is 6.49. The topological polar surface area (TPSA) is 16.4 Å². The van der Waals surface area contributed by atoms with Gasteiger partial charge in [0.15, 0.2) is 0 Å². The summed E-state index contributed by atoms with van der Waals surface area (Å²) < 4.78 is 6.49. The van der Waals surface area contributed by atoms with Gasteiger partial charge in [-0.15, -0.1) is 0 Å². The molecule has 0 aliphatic rings. The van der Waals surface area contributed by atoms with E-state index >= 15 is 0 Å². The number of anilines is 3. The smallest absolute Gasteiger partial charge is 0.136 e. The second-order valence-corrected chi connectivity index (χ2v) is 16.1. The Morgan fingerprint density at radius 2 is 0.790 bits per heavy atom. The Kier molecular flexibility index (Phi) is 8.53. The molecular formula is C60H39NO. The number of nitrogens with zero attached hydrogens (tertiary/aromatic N) is 1. The molecule has 0 radical (unpaired) electrons. The van der Waals surface area contributed by atoms with E-state index in [4.69, 9.17) is 4.42 Å². The Labute approximate surface area is 360 Å². The van der Waals surface area contributed by atoms with Gasteiger partial charge in [0, 0.05) is 27.7 Å². The van der Waals surface area contributed by atoms with Gasteiger partial charge in [-0.25, -0.2) is 0 Å².